The van der Waals surface area contributed by atoms with E-state index in [1.165, 1.54) is 6.42 Å². The minimum absolute atomic E-state index is 0.411. The number of rotatable bonds is 4. The van der Waals surface area contributed by atoms with Crippen molar-refractivity contribution in [2.45, 2.75) is 26.2 Å². The van der Waals surface area contributed by atoms with Crippen molar-refractivity contribution < 1.29 is 9.59 Å². The second kappa shape index (κ2) is 5.70. The molecule has 0 aromatic heterocycles. The minimum atomic E-state index is -0.803. The zero-order valence-electron chi connectivity index (χ0n) is 6.59. The highest BCUT2D eigenvalue weighted by Gasteiger charge is 2.02. The fourth-order valence-electron chi connectivity index (χ4n) is 0.610. The molecule has 0 spiro atoms. The van der Waals surface area contributed by atoms with Gasteiger partial charge in [-0.1, -0.05) is 19.8 Å². The number of amides is 3. The van der Waals surface area contributed by atoms with Crippen molar-refractivity contribution in [1.82, 2.24) is 5.32 Å². The number of imide groups is 1. The SMILES string of the molecule is CCCC[CH]C(=O)NC(N)=O. The highest BCUT2D eigenvalue weighted by Crippen LogP contribution is 1.96. The zero-order valence-corrected chi connectivity index (χ0v) is 6.59. The van der Waals surface area contributed by atoms with Crippen molar-refractivity contribution in [2.24, 2.45) is 5.73 Å². The molecule has 0 heterocycles. The summed E-state index contributed by atoms with van der Waals surface area (Å²) in [5, 5.41) is 1.95. The Morgan fingerprint density at radius 1 is 1.55 bits per heavy atom. The quantitative estimate of drug-likeness (QED) is 0.586. The average Bonchev–Trinajstić information content (AvgIpc) is 1.86. The van der Waals surface area contributed by atoms with E-state index < -0.39 is 11.9 Å². The van der Waals surface area contributed by atoms with Crippen LogP contribution in [0, 0.1) is 6.42 Å². The highest BCUT2D eigenvalue weighted by molar-refractivity contribution is 5.97. The summed E-state index contributed by atoms with van der Waals surface area (Å²) < 4.78 is 0. The van der Waals surface area contributed by atoms with Gasteiger partial charge in [0, 0.05) is 0 Å². The highest BCUT2D eigenvalue weighted by atomic mass is 16.2. The lowest BCUT2D eigenvalue weighted by atomic mass is 10.2. The molecule has 3 amide bonds. The van der Waals surface area contributed by atoms with Gasteiger partial charge in [0.1, 0.15) is 0 Å². The first kappa shape index (κ1) is 9.94. The summed E-state index contributed by atoms with van der Waals surface area (Å²) in [5.41, 5.74) is 4.71. The van der Waals surface area contributed by atoms with Gasteiger partial charge < -0.3 is 5.73 Å². The van der Waals surface area contributed by atoms with Crippen molar-refractivity contribution in [3.8, 4) is 0 Å². The number of nitrogens with two attached hydrogens (primary N) is 1. The van der Waals surface area contributed by atoms with Crippen LogP contribution in [0.4, 0.5) is 4.79 Å². The van der Waals surface area contributed by atoms with Gasteiger partial charge in [0.25, 0.3) is 0 Å². The molecular formula is C7H13N2O2. The minimum Gasteiger partial charge on any atom is -0.351 e. The molecular weight excluding hydrogens is 144 g/mol. The first-order valence-corrected chi connectivity index (χ1v) is 3.60. The summed E-state index contributed by atoms with van der Waals surface area (Å²) >= 11 is 0. The monoisotopic (exact) mass is 157 g/mol. The second-order valence-corrected chi connectivity index (χ2v) is 2.20. The predicted octanol–water partition coefficient (Wildman–Crippen LogP) is 0.576. The van der Waals surface area contributed by atoms with Gasteiger partial charge in [0.15, 0.2) is 0 Å². The first-order valence-electron chi connectivity index (χ1n) is 3.60. The third kappa shape index (κ3) is 6.83. The third-order valence-corrected chi connectivity index (χ3v) is 1.13. The van der Waals surface area contributed by atoms with Crippen molar-refractivity contribution in [2.75, 3.05) is 0 Å². The number of primary amides is 1. The Kier molecular flexibility index (Phi) is 5.15. The van der Waals surface area contributed by atoms with Gasteiger partial charge in [-0.2, -0.15) is 0 Å². The molecule has 0 saturated carbocycles. The van der Waals surface area contributed by atoms with Crippen LogP contribution < -0.4 is 11.1 Å². The number of carbonyl (C=O) groups is 2. The Hall–Kier alpha value is -1.06. The smallest absolute Gasteiger partial charge is 0.318 e. The summed E-state index contributed by atoms with van der Waals surface area (Å²) in [6.45, 7) is 2.03. The molecule has 0 aliphatic heterocycles. The third-order valence-electron chi connectivity index (χ3n) is 1.13. The lowest BCUT2D eigenvalue weighted by Crippen LogP contribution is -2.34. The van der Waals surface area contributed by atoms with Gasteiger partial charge in [-0.3, -0.25) is 10.1 Å². The molecule has 0 atom stereocenters. The standard InChI is InChI=1S/C7H13N2O2/c1-2-3-4-5-6(10)9-7(8)11/h5H,2-4H2,1H3,(H3,8,9,10,11). The fraction of sp³-hybridized carbons (Fsp3) is 0.571. The van der Waals surface area contributed by atoms with E-state index in [0.29, 0.717) is 6.42 Å². The molecule has 0 aromatic rings. The summed E-state index contributed by atoms with van der Waals surface area (Å²) in [5.74, 6) is -0.411. The maximum atomic E-state index is 10.7. The molecule has 0 saturated heterocycles. The number of hydrogen-bond donors (Lipinski definition) is 2. The van der Waals surface area contributed by atoms with Crippen LogP contribution in [0.3, 0.4) is 0 Å². The summed E-state index contributed by atoms with van der Waals surface area (Å²) in [7, 11) is 0. The summed E-state index contributed by atoms with van der Waals surface area (Å²) in [6.07, 6.45) is 4.09. The Balaban J connectivity index is 3.30. The van der Waals surface area contributed by atoms with Gasteiger partial charge in [-0.25, -0.2) is 4.79 Å². The van der Waals surface area contributed by atoms with Crippen LogP contribution in [0.25, 0.3) is 0 Å². The van der Waals surface area contributed by atoms with Crippen LogP contribution in [0.2, 0.25) is 0 Å². The Labute approximate surface area is 66.1 Å². The Morgan fingerprint density at radius 3 is 2.64 bits per heavy atom. The van der Waals surface area contributed by atoms with Crippen molar-refractivity contribution in [3.63, 3.8) is 0 Å². The van der Waals surface area contributed by atoms with Crippen LogP contribution in [0.15, 0.2) is 0 Å². The van der Waals surface area contributed by atoms with Crippen molar-refractivity contribution in [3.05, 3.63) is 6.42 Å². The number of urea groups is 1. The van der Waals surface area contributed by atoms with Gasteiger partial charge in [0.2, 0.25) is 5.91 Å². The maximum Gasteiger partial charge on any atom is 0.318 e. The Morgan fingerprint density at radius 2 is 2.18 bits per heavy atom. The lowest BCUT2D eigenvalue weighted by molar-refractivity contribution is -0.116. The van der Waals surface area contributed by atoms with Crippen LogP contribution in [0.5, 0.6) is 0 Å². The topological polar surface area (TPSA) is 72.2 Å². The largest absolute Gasteiger partial charge is 0.351 e. The predicted molar refractivity (Wildman–Crippen MR) is 41.6 cm³/mol. The van der Waals surface area contributed by atoms with Gasteiger partial charge >= 0.3 is 6.03 Å². The molecule has 0 rings (SSSR count). The van der Waals surface area contributed by atoms with Crippen LogP contribution in [-0.2, 0) is 4.79 Å². The van der Waals surface area contributed by atoms with Crippen molar-refractivity contribution >= 4 is 11.9 Å². The van der Waals surface area contributed by atoms with E-state index in [4.69, 9.17) is 5.73 Å². The molecule has 4 nitrogen and oxygen atoms in total. The van der Waals surface area contributed by atoms with E-state index in [9.17, 15) is 9.59 Å². The zero-order chi connectivity index (χ0) is 8.69. The fourth-order valence-corrected chi connectivity index (χ4v) is 0.610. The van der Waals surface area contributed by atoms with Crippen LogP contribution in [-0.4, -0.2) is 11.9 Å². The normalized spacial score (nSPS) is 9.18. The van der Waals surface area contributed by atoms with Crippen molar-refractivity contribution in [1.29, 1.82) is 0 Å². The molecule has 0 fully saturated rings. The molecule has 11 heavy (non-hydrogen) atoms. The lowest BCUT2D eigenvalue weighted by Gasteiger charge is -1.97. The number of nitrogens with one attached hydrogen (secondary N) is 1. The van der Waals surface area contributed by atoms with Gasteiger partial charge in [-0.05, 0) is 6.42 Å². The number of unbranched alkanes of at least 4 members (excludes halogenated alkanes) is 2. The molecule has 0 bridgehead atoms. The van der Waals surface area contributed by atoms with Gasteiger partial charge in [-0.15, -0.1) is 0 Å². The van der Waals surface area contributed by atoms with Crippen LogP contribution >= 0.6 is 0 Å². The van der Waals surface area contributed by atoms with Crippen LogP contribution in [0.1, 0.15) is 26.2 Å². The van der Waals surface area contributed by atoms with E-state index >= 15 is 0 Å². The molecule has 3 N–H and O–H groups in total. The molecule has 0 unspecified atom stereocenters. The van der Waals surface area contributed by atoms with E-state index in [0.717, 1.165) is 12.8 Å². The molecule has 0 aliphatic carbocycles. The summed E-state index contributed by atoms with van der Waals surface area (Å²) in [6, 6.07) is -0.803. The van der Waals surface area contributed by atoms with Gasteiger partial charge in [0.05, 0.1) is 6.42 Å². The maximum absolute atomic E-state index is 10.7. The average molecular weight is 157 g/mol. The molecule has 63 valence electrons. The van der Waals surface area contributed by atoms with E-state index in [1.54, 1.807) is 0 Å². The Bertz CT molecular complexity index is 145. The molecule has 4 heteroatoms. The van der Waals surface area contributed by atoms with E-state index in [2.05, 4.69) is 0 Å². The summed E-state index contributed by atoms with van der Waals surface area (Å²) in [4.78, 5) is 20.8. The second-order valence-electron chi connectivity index (χ2n) is 2.20. The molecule has 0 aliphatic rings. The van der Waals surface area contributed by atoms with E-state index in [1.807, 2.05) is 12.2 Å². The number of hydrogen-bond acceptors (Lipinski definition) is 2. The first-order chi connectivity index (χ1) is 5.16. The number of carbonyl (C=O) groups excluding carboxylic acids is 2. The molecule has 1 radical (unpaired) electrons. The van der Waals surface area contributed by atoms with E-state index in [-0.39, 0.29) is 0 Å². The molecule has 0 aromatic carbocycles.